The monoisotopic (exact) mass is 280 g/mol. The van der Waals surface area contributed by atoms with Crippen molar-refractivity contribution in [1.29, 1.82) is 0 Å². The van der Waals surface area contributed by atoms with Crippen LogP contribution < -0.4 is 5.73 Å². The van der Waals surface area contributed by atoms with E-state index in [2.05, 4.69) is 4.98 Å². The number of carboxylic acids is 1. The molecule has 1 atom stereocenters. The van der Waals surface area contributed by atoms with Gasteiger partial charge in [0.2, 0.25) is 0 Å². The first-order valence-corrected chi connectivity index (χ1v) is 6.89. The number of likely N-dealkylation sites (tertiary alicyclic amines) is 1. The van der Waals surface area contributed by atoms with E-state index in [9.17, 15) is 14.7 Å². The molecule has 1 aromatic rings. The van der Waals surface area contributed by atoms with Crippen molar-refractivity contribution in [3.05, 3.63) is 18.2 Å². The maximum atomic E-state index is 12.4. The standard InChI is InChI=1S/C13H20N4O3/c14-5-7-16-8-10(15-9-16)12(18)17-6-3-1-2-4-11(17)13(19)20/h8-9,11H,1-7,14H2,(H,19,20). The average molecular weight is 280 g/mol. The Morgan fingerprint density at radius 2 is 2.20 bits per heavy atom. The Hall–Kier alpha value is -1.89. The molecule has 2 heterocycles. The van der Waals surface area contributed by atoms with Gasteiger partial charge in [-0.2, -0.15) is 0 Å². The average Bonchev–Trinajstić information content (AvgIpc) is 2.74. The summed E-state index contributed by atoms with van der Waals surface area (Å²) < 4.78 is 1.74. The number of rotatable bonds is 4. The molecule has 0 saturated carbocycles. The van der Waals surface area contributed by atoms with Crippen molar-refractivity contribution in [3.63, 3.8) is 0 Å². The second kappa shape index (κ2) is 6.51. The van der Waals surface area contributed by atoms with Gasteiger partial charge in [0.15, 0.2) is 0 Å². The Morgan fingerprint density at radius 3 is 2.90 bits per heavy atom. The predicted molar refractivity (Wildman–Crippen MR) is 72.2 cm³/mol. The normalized spacial score (nSPS) is 19.6. The number of hydrogen-bond acceptors (Lipinski definition) is 4. The Morgan fingerprint density at radius 1 is 1.40 bits per heavy atom. The van der Waals surface area contributed by atoms with E-state index in [4.69, 9.17) is 5.73 Å². The minimum atomic E-state index is -0.943. The third kappa shape index (κ3) is 3.16. The lowest BCUT2D eigenvalue weighted by Crippen LogP contribution is -2.44. The quantitative estimate of drug-likeness (QED) is 0.826. The van der Waals surface area contributed by atoms with E-state index in [0.717, 1.165) is 19.3 Å². The molecule has 0 spiro atoms. The molecule has 1 fully saturated rings. The van der Waals surface area contributed by atoms with Gasteiger partial charge < -0.3 is 20.3 Å². The Labute approximate surface area is 117 Å². The number of amides is 1. The number of carbonyl (C=O) groups is 2. The van der Waals surface area contributed by atoms with Crippen molar-refractivity contribution in [3.8, 4) is 0 Å². The number of imidazole rings is 1. The number of carbonyl (C=O) groups excluding carboxylic acids is 1. The minimum absolute atomic E-state index is 0.284. The molecule has 1 unspecified atom stereocenters. The summed E-state index contributed by atoms with van der Waals surface area (Å²) in [4.78, 5) is 29.3. The summed E-state index contributed by atoms with van der Waals surface area (Å²) in [6.45, 7) is 1.52. The van der Waals surface area contributed by atoms with Crippen molar-refractivity contribution in [1.82, 2.24) is 14.5 Å². The van der Waals surface area contributed by atoms with Crippen LogP contribution in [0.1, 0.15) is 36.2 Å². The zero-order valence-electron chi connectivity index (χ0n) is 11.4. The molecule has 0 bridgehead atoms. The van der Waals surface area contributed by atoms with Crippen LogP contribution in [0.15, 0.2) is 12.5 Å². The number of carboxylic acid groups (broad SMARTS) is 1. The molecule has 2 rings (SSSR count). The summed E-state index contributed by atoms with van der Waals surface area (Å²) in [5.74, 6) is -1.25. The Bertz CT molecular complexity index is 486. The van der Waals surface area contributed by atoms with Gasteiger partial charge in [0, 0.05) is 25.8 Å². The van der Waals surface area contributed by atoms with Crippen molar-refractivity contribution < 1.29 is 14.7 Å². The summed E-state index contributed by atoms with van der Waals surface area (Å²) in [6, 6.07) is -0.746. The van der Waals surface area contributed by atoms with E-state index < -0.39 is 12.0 Å². The Kier molecular flexibility index (Phi) is 4.73. The predicted octanol–water partition coefficient (Wildman–Crippen LogP) is 0.311. The summed E-state index contributed by atoms with van der Waals surface area (Å²) in [5, 5.41) is 9.28. The number of hydrogen-bond donors (Lipinski definition) is 2. The number of nitrogens with zero attached hydrogens (tertiary/aromatic N) is 3. The maximum Gasteiger partial charge on any atom is 0.326 e. The van der Waals surface area contributed by atoms with Gasteiger partial charge in [-0.05, 0) is 12.8 Å². The molecule has 7 heteroatoms. The molecule has 7 nitrogen and oxygen atoms in total. The van der Waals surface area contributed by atoms with Crippen molar-refractivity contribution in [2.75, 3.05) is 13.1 Å². The van der Waals surface area contributed by atoms with Gasteiger partial charge in [-0.3, -0.25) is 4.79 Å². The summed E-state index contributed by atoms with van der Waals surface area (Å²) in [6.07, 6.45) is 6.30. The summed E-state index contributed by atoms with van der Waals surface area (Å²) in [7, 11) is 0. The lowest BCUT2D eigenvalue weighted by Gasteiger charge is -2.26. The smallest absolute Gasteiger partial charge is 0.326 e. The van der Waals surface area contributed by atoms with Crippen LogP contribution >= 0.6 is 0 Å². The SMILES string of the molecule is NCCn1cnc(C(=O)N2CCCCCC2C(=O)O)c1. The molecule has 110 valence electrons. The van der Waals surface area contributed by atoms with E-state index in [0.29, 0.717) is 26.1 Å². The van der Waals surface area contributed by atoms with Gasteiger partial charge in [0.05, 0.1) is 6.33 Å². The fourth-order valence-electron chi connectivity index (χ4n) is 2.50. The van der Waals surface area contributed by atoms with Crippen LogP contribution in [-0.2, 0) is 11.3 Å². The van der Waals surface area contributed by atoms with Crippen molar-refractivity contribution in [2.24, 2.45) is 5.73 Å². The lowest BCUT2D eigenvalue weighted by atomic mass is 10.1. The minimum Gasteiger partial charge on any atom is -0.480 e. The van der Waals surface area contributed by atoms with E-state index in [1.165, 1.54) is 4.90 Å². The summed E-state index contributed by atoms with van der Waals surface area (Å²) in [5.41, 5.74) is 5.73. The van der Waals surface area contributed by atoms with Crippen molar-refractivity contribution in [2.45, 2.75) is 38.3 Å². The Balaban J connectivity index is 2.17. The van der Waals surface area contributed by atoms with Gasteiger partial charge in [0.25, 0.3) is 5.91 Å². The highest BCUT2D eigenvalue weighted by Crippen LogP contribution is 2.19. The highest BCUT2D eigenvalue weighted by molar-refractivity contribution is 5.94. The number of aliphatic carboxylic acids is 1. The first kappa shape index (κ1) is 14.5. The van der Waals surface area contributed by atoms with Gasteiger partial charge in [-0.15, -0.1) is 0 Å². The molecule has 3 N–H and O–H groups in total. The van der Waals surface area contributed by atoms with E-state index in [1.807, 2.05) is 0 Å². The zero-order chi connectivity index (χ0) is 14.5. The van der Waals surface area contributed by atoms with Gasteiger partial charge in [0.1, 0.15) is 11.7 Å². The van der Waals surface area contributed by atoms with E-state index in [1.54, 1.807) is 17.1 Å². The maximum absolute atomic E-state index is 12.4. The number of nitrogens with two attached hydrogens (primary N) is 1. The second-order valence-corrected chi connectivity index (χ2v) is 4.99. The molecule has 1 aromatic heterocycles. The molecule has 1 aliphatic rings. The first-order valence-electron chi connectivity index (χ1n) is 6.89. The van der Waals surface area contributed by atoms with Crippen LogP contribution in [0, 0.1) is 0 Å². The molecule has 0 radical (unpaired) electrons. The molecule has 20 heavy (non-hydrogen) atoms. The largest absolute Gasteiger partial charge is 0.480 e. The van der Waals surface area contributed by atoms with Crippen molar-refractivity contribution >= 4 is 11.9 Å². The summed E-state index contributed by atoms with van der Waals surface area (Å²) >= 11 is 0. The zero-order valence-corrected chi connectivity index (χ0v) is 11.4. The fourth-order valence-corrected chi connectivity index (χ4v) is 2.50. The van der Waals surface area contributed by atoms with Crippen LogP contribution in [-0.4, -0.2) is 50.6 Å². The highest BCUT2D eigenvalue weighted by Gasteiger charge is 2.32. The van der Waals surface area contributed by atoms with Gasteiger partial charge in [-0.25, -0.2) is 9.78 Å². The third-order valence-corrected chi connectivity index (χ3v) is 3.54. The highest BCUT2D eigenvalue weighted by atomic mass is 16.4. The van der Waals surface area contributed by atoms with Crippen LogP contribution in [0.5, 0.6) is 0 Å². The van der Waals surface area contributed by atoms with E-state index in [-0.39, 0.29) is 11.6 Å². The topological polar surface area (TPSA) is 101 Å². The fraction of sp³-hybridized carbons (Fsp3) is 0.615. The van der Waals surface area contributed by atoms with Gasteiger partial charge >= 0.3 is 5.97 Å². The van der Waals surface area contributed by atoms with E-state index >= 15 is 0 Å². The lowest BCUT2D eigenvalue weighted by molar-refractivity contribution is -0.142. The molecule has 0 aromatic carbocycles. The van der Waals surface area contributed by atoms with Crippen LogP contribution in [0.4, 0.5) is 0 Å². The number of aromatic nitrogens is 2. The molecule has 1 aliphatic heterocycles. The molecule has 1 amide bonds. The molecule has 0 aliphatic carbocycles. The van der Waals surface area contributed by atoms with Crippen LogP contribution in [0.2, 0.25) is 0 Å². The molecule has 1 saturated heterocycles. The second-order valence-electron chi connectivity index (χ2n) is 4.99. The molecular weight excluding hydrogens is 260 g/mol. The van der Waals surface area contributed by atoms with Gasteiger partial charge in [-0.1, -0.05) is 12.8 Å². The molecular formula is C13H20N4O3. The van der Waals surface area contributed by atoms with Crippen LogP contribution in [0.3, 0.4) is 0 Å². The third-order valence-electron chi connectivity index (χ3n) is 3.54. The first-order chi connectivity index (χ1) is 9.63. The van der Waals surface area contributed by atoms with Crippen LogP contribution in [0.25, 0.3) is 0 Å².